The Morgan fingerprint density at radius 2 is 1.83 bits per heavy atom. The minimum atomic E-state index is -0.299. The summed E-state index contributed by atoms with van der Waals surface area (Å²) in [6, 6.07) is 14.2. The largest absolute Gasteiger partial charge is 0.294 e. The predicted molar refractivity (Wildman–Crippen MR) is 70.2 cm³/mol. The van der Waals surface area contributed by atoms with Crippen LogP contribution in [0, 0.1) is 12.7 Å². The van der Waals surface area contributed by atoms with E-state index in [1.807, 2.05) is 30.3 Å². The Bertz CT molecular complexity index is 546. The Balaban J connectivity index is 2.04. The van der Waals surface area contributed by atoms with Gasteiger partial charge in [0, 0.05) is 12.0 Å². The summed E-state index contributed by atoms with van der Waals surface area (Å²) in [5.41, 5.74) is 2.46. The quantitative estimate of drug-likeness (QED) is 0.742. The molecule has 1 nitrogen and oxygen atoms in total. The van der Waals surface area contributed by atoms with Crippen molar-refractivity contribution < 1.29 is 9.18 Å². The molecule has 18 heavy (non-hydrogen) atoms. The van der Waals surface area contributed by atoms with E-state index in [-0.39, 0.29) is 11.6 Å². The smallest absolute Gasteiger partial charge is 0.163 e. The summed E-state index contributed by atoms with van der Waals surface area (Å²) >= 11 is 0. The van der Waals surface area contributed by atoms with E-state index in [4.69, 9.17) is 0 Å². The normalized spacial score (nSPS) is 10.3. The summed E-state index contributed by atoms with van der Waals surface area (Å²) < 4.78 is 13.0. The Morgan fingerprint density at radius 3 is 2.50 bits per heavy atom. The summed E-state index contributed by atoms with van der Waals surface area (Å²) in [7, 11) is 0. The van der Waals surface area contributed by atoms with Crippen molar-refractivity contribution in [2.45, 2.75) is 19.8 Å². The lowest BCUT2D eigenvalue weighted by Gasteiger charge is -2.05. The average Bonchev–Trinajstić information content (AvgIpc) is 2.37. The highest BCUT2D eigenvalue weighted by Gasteiger charge is 2.09. The van der Waals surface area contributed by atoms with Crippen LogP contribution in [0.3, 0.4) is 0 Å². The van der Waals surface area contributed by atoms with E-state index < -0.39 is 0 Å². The number of hydrogen-bond donors (Lipinski definition) is 0. The van der Waals surface area contributed by atoms with E-state index in [0.717, 1.165) is 12.0 Å². The molecular weight excluding hydrogens is 227 g/mol. The molecule has 0 fully saturated rings. The van der Waals surface area contributed by atoms with Gasteiger partial charge in [-0.1, -0.05) is 30.3 Å². The Kier molecular flexibility index (Phi) is 3.88. The number of rotatable bonds is 4. The van der Waals surface area contributed by atoms with E-state index in [2.05, 4.69) is 0 Å². The van der Waals surface area contributed by atoms with Gasteiger partial charge in [0.25, 0.3) is 0 Å². The lowest BCUT2D eigenvalue weighted by atomic mass is 9.99. The molecule has 0 N–H and O–H groups in total. The van der Waals surface area contributed by atoms with Gasteiger partial charge in [0.1, 0.15) is 5.82 Å². The van der Waals surface area contributed by atoms with Crippen LogP contribution < -0.4 is 0 Å². The van der Waals surface area contributed by atoms with Gasteiger partial charge in [0.05, 0.1) is 0 Å². The Labute approximate surface area is 106 Å². The third-order valence-corrected chi connectivity index (χ3v) is 2.97. The lowest BCUT2D eigenvalue weighted by Crippen LogP contribution is -2.03. The van der Waals surface area contributed by atoms with Crippen molar-refractivity contribution >= 4 is 5.78 Å². The summed E-state index contributed by atoms with van der Waals surface area (Å²) in [4.78, 5) is 12.0. The predicted octanol–water partition coefficient (Wildman–Crippen LogP) is 3.95. The average molecular weight is 242 g/mol. The Hall–Kier alpha value is -1.96. The zero-order chi connectivity index (χ0) is 13.0. The molecule has 0 aromatic heterocycles. The summed E-state index contributed by atoms with van der Waals surface area (Å²) in [5, 5.41) is 0. The molecule has 0 bridgehead atoms. The highest BCUT2D eigenvalue weighted by molar-refractivity contribution is 5.97. The molecule has 0 radical (unpaired) electrons. The van der Waals surface area contributed by atoms with Crippen molar-refractivity contribution in [2.75, 3.05) is 0 Å². The van der Waals surface area contributed by atoms with Crippen molar-refractivity contribution in [1.82, 2.24) is 0 Å². The number of benzene rings is 2. The second-order valence-electron chi connectivity index (χ2n) is 4.37. The van der Waals surface area contributed by atoms with Crippen LogP contribution in [0.2, 0.25) is 0 Å². The van der Waals surface area contributed by atoms with Crippen molar-refractivity contribution in [3.8, 4) is 0 Å². The maximum atomic E-state index is 13.0. The van der Waals surface area contributed by atoms with Crippen molar-refractivity contribution in [3.05, 3.63) is 71.0 Å². The first-order valence-electron chi connectivity index (χ1n) is 6.00. The number of aryl methyl sites for hydroxylation is 2. The zero-order valence-corrected chi connectivity index (χ0v) is 10.3. The monoisotopic (exact) mass is 242 g/mol. The highest BCUT2D eigenvalue weighted by atomic mass is 19.1. The number of carbonyl (C=O) groups is 1. The van der Waals surface area contributed by atoms with Gasteiger partial charge in [-0.2, -0.15) is 0 Å². The van der Waals surface area contributed by atoms with E-state index in [0.29, 0.717) is 17.5 Å². The van der Waals surface area contributed by atoms with Gasteiger partial charge < -0.3 is 0 Å². The van der Waals surface area contributed by atoms with Crippen molar-refractivity contribution in [3.63, 3.8) is 0 Å². The fourth-order valence-corrected chi connectivity index (χ4v) is 1.98. The molecular formula is C16H15FO. The fraction of sp³-hybridized carbons (Fsp3) is 0.188. The van der Waals surface area contributed by atoms with Gasteiger partial charge in [-0.15, -0.1) is 0 Å². The minimum absolute atomic E-state index is 0.0661. The van der Waals surface area contributed by atoms with Gasteiger partial charge in [0.2, 0.25) is 0 Å². The van der Waals surface area contributed by atoms with Crippen LogP contribution in [-0.4, -0.2) is 5.78 Å². The lowest BCUT2D eigenvalue weighted by molar-refractivity contribution is 0.0982. The molecule has 0 saturated heterocycles. The first-order valence-corrected chi connectivity index (χ1v) is 6.00. The van der Waals surface area contributed by atoms with Crippen LogP contribution in [0.25, 0.3) is 0 Å². The number of hydrogen-bond acceptors (Lipinski definition) is 1. The van der Waals surface area contributed by atoms with E-state index in [9.17, 15) is 9.18 Å². The maximum Gasteiger partial charge on any atom is 0.163 e. The second kappa shape index (κ2) is 5.58. The maximum absolute atomic E-state index is 13.0. The van der Waals surface area contributed by atoms with Crippen LogP contribution in [0.5, 0.6) is 0 Å². The van der Waals surface area contributed by atoms with Gasteiger partial charge in [-0.05, 0) is 42.7 Å². The van der Waals surface area contributed by atoms with E-state index in [1.54, 1.807) is 13.0 Å². The highest BCUT2D eigenvalue weighted by Crippen LogP contribution is 2.14. The number of halogens is 1. The van der Waals surface area contributed by atoms with Crippen LogP contribution in [0.1, 0.15) is 27.9 Å². The molecule has 0 unspecified atom stereocenters. The van der Waals surface area contributed by atoms with E-state index in [1.165, 1.54) is 12.1 Å². The molecule has 2 aromatic carbocycles. The molecule has 2 aromatic rings. The summed E-state index contributed by atoms with van der Waals surface area (Å²) in [6.07, 6.45) is 1.17. The number of Topliss-reactive ketones (excluding diaryl/α,β-unsaturated/α-hetero) is 1. The molecule has 0 aliphatic carbocycles. The van der Waals surface area contributed by atoms with Crippen LogP contribution in [0.15, 0.2) is 48.5 Å². The standard InChI is InChI=1S/C16H15FO/c1-12-11-14(17)8-9-15(12)16(18)10-7-13-5-3-2-4-6-13/h2-6,8-9,11H,7,10H2,1H3. The second-order valence-corrected chi connectivity index (χ2v) is 4.37. The third kappa shape index (κ3) is 3.04. The van der Waals surface area contributed by atoms with E-state index >= 15 is 0 Å². The molecule has 92 valence electrons. The fourth-order valence-electron chi connectivity index (χ4n) is 1.98. The number of carbonyl (C=O) groups excluding carboxylic acids is 1. The third-order valence-electron chi connectivity index (χ3n) is 2.97. The summed E-state index contributed by atoms with van der Waals surface area (Å²) in [6.45, 7) is 1.76. The molecule has 2 rings (SSSR count). The SMILES string of the molecule is Cc1cc(F)ccc1C(=O)CCc1ccccc1. The molecule has 2 heteroatoms. The van der Waals surface area contributed by atoms with Gasteiger partial charge in [-0.3, -0.25) is 4.79 Å². The summed E-state index contributed by atoms with van der Waals surface area (Å²) in [5.74, 6) is -0.233. The molecule has 0 aliphatic heterocycles. The van der Waals surface area contributed by atoms with Crippen LogP contribution >= 0.6 is 0 Å². The molecule has 0 spiro atoms. The van der Waals surface area contributed by atoms with Crippen molar-refractivity contribution in [2.24, 2.45) is 0 Å². The molecule has 0 atom stereocenters. The zero-order valence-electron chi connectivity index (χ0n) is 10.3. The molecule has 0 heterocycles. The molecule has 0 amide bonds. The molecule has 0 saturated carbocycles. The molecule has 0 aliphatic rings. The van der Waals surface area contributed by atoms with Gasteiger partial charge in [-0.25, -0.2) is 4.39 Å². The van der Waals surface area contributed by atoms with Gasteiger partial charge in [0.15, 0.2) is 5.78 Å². The first kappa shape index (κ1) is 12.5. The van der Waals surface area contributed by atoms with Crippen molar-refractivity contribution in [1.29, 1.82) is 0 Å². The Morgan fingerprint density at radius 1 is 1.11 bits per heavy atom. The number of ketones is 1. The minimum Gasteiger partial charge on any atom is -0.294 e. The first-order chi connectivity index (χ1) is 8.66. The topological polar surface area (TPSA) is 17.1 Å². The van der Waals surface area contributed by atoms with Gasteiger partial charge >= 0.3 is 0 Å². The van der Waals surface area contributed by atoms with Crippen LogP contribution in [-0.2, 0) is 6.42 Å². The van der Waals surface area contributed by atoms with Crippen LogP contribution in [0.4, 0.5) is 4.39 Å².